The fourth-order valence-electron chi connectivity index (χ4n) is 4.65. The molecule has 0 aromatic heterocycles. The number of aryl methyl sites for hydroxylation is 1. The normalized spacial score (nSPS) is 17.4. The van der Waals surface area contributed by atoms with Crippen LogP contribution >= 0.6 is 0 Å². The van der Waals surface area contributed by atoms with E-state index in [9.17, 15) is 0 Å². The molecule has 5 rings (SSSR count). The molecule has 1 aliphatic rings. The molecule has 0 saturated carbocycles. The number of hydrogen-bond acceptors (Lipinski definition) is 0. The maximum atomic E-state index is 2.56. The summed E-state index contributed by atoms with van der Waals surface area (Å²) in [5.74, 6) is 2.56. The third-order valence-corrected chi connectivity index (χ3v) is 15.5. The van der Waals surface area contributed by atoms with Crippen molar-refractivity contribution in [1.29, 1.82) is 0 Å². The average molecular weight is 407 g/mol. The van der Waals surface area contributed by atoms with Crippen LogP contribution in [0.2, 0.25) is 5.76 Å². The van der Waals surface area contributed by atoms with Gasteiger partial charge in [0, 0.05) is 0 Å². The van der Waals surface area contributed by atoms with E-state index in [0.29, 0.717) is 0 Å². The van der Waals surface area contributed by atoms with Gasteiger partial charge in [-0.1, -0.05) is 0 Å². The van der Waals surface area contributed by atoms with Crippen molar-refractivity contribution < 1.29 is 0 Å². The van der Waals surface area contributed by atoms with Gasteiger partial charge in [-0.05, 0) is 0 Å². The van der Waals surface area contributed by atoms with Crippen molar-refractivity contribution in [3.8, 4) is 22.3 Å². The Labute approximate surface area is 163 Å². The molecule has 0 saturated heterocycles. The number of rotatable bonds is 1. The van der Waals surface area contributed by atoms with Crippen LogP contribution in [0.3, 0.4) is 0 Å². The molecule has 1 unspecified atom stereocenters. The summed E-state index contributed by atoms with van der Waals surface area (Å²) in [4.78, 5) is 0. The van der Waals surface area contributed by atoms with E-state index in [2.05, 4.69) is 110 Å². The third-order valence-electron chi connectivity index (χ3n) is 6.04. The molecule has 1 heteroatoms. The zero-order valence-electron chi connectivity index (χ0n) is 15.7. The summed E-state index contributed by atoms with van der Waals surface area (Å²) in [7, 11) is 0. The molecule has 27 heavy (non-hydrogen) atoms. The van der Waals surface area contributed by atoms with E-state index in [4.69, 9.17) is 0 Å². The predicted octanol–water partition coefficient (Wildman–Crippen LogP) is 4.74. The number of fused-ring (bicyclic) bond motifs is 5. The van der Waals surface area contributed by atoms with Gasteiger partial charge in [-0.3, -0.25) is 0 Å². The quantitative estimate of drug-likeness (QED) is 0.400. The van der Waals surface area contributed by atoms with Crippen LogP contribution in [0.4, 0.5) is 0 Å². The van der Waals surface area contributed by atoms with Crippen molar-refractivity contribution in [2.75, 3.05) is 0 Å². The van der Waals surface area contributed by atoms with Crippen LogP contribution in [0.1, 0.15) is 5.56 Å². The Kier molecular flexibility index (Phi) is 3.84. The number of hydrogen-bond donors (Lipinski definition) is 0. The molecule has 130 valence electrons. The average Bonchev–Trinajstić information content (AvgIpc) is 2.82. The zero-order chi connectivity index (χ0) is 18.4. The second-order valence-electron chi connectivity index (χ2n) is 7.63. The summed E-state index contributed by atoms with van der Waals surface area (Å²) in [6, 6.07) is 36.3. The first-order valence-corrected chi connectivity index (χ1v) is 14.8. The predicted molar refractivity (Wildman–Crippen MR) is 119 cm³/mol. The Morgan fingerprint density at radius 3 is 1.81 bits per heavy atom. The summed E-state index contributed by atoms with van der Waals surface area (Å²) in [6.45, 7) is 2.20. The summed E-state index contributed by atoms with van der Waals surface area (Å²) in [5.41, 5.74) is 6.90. The van der Waals surface area contributed by atoms with Crippen molar-refractivity contribution in [2.45, 2.75) is 12.7 Å². The van der Waals surface area contributed by atoms with Gasteiger partial charge in [-0.25, -0.2) is 0 Å². The monoisotopic (exact) mass is 408 g/mol. The van der Waals surface area contributed by atoms with Gasteiger partial charge in [0.15, 0.2) is 0 Å². The van der Waals surface area contributed by atoms with Gasteiger partial charge >= 0.3 is 164 Å². The molecule has 0 radical (unpaired) electrons. The Morgan fingerprint density at radius 2 is 1.07 bits per heavy atom. The van der Waals surface area contributed by atoms with Crippen LogP contribution in [-0.2, 0) is 0 Å². The maximum absolute atomic E-state index is 2.80. The first kappa shape index (κ1) is 16.6. The van der Waals surface area contributed by atoms with Crippen LogP contribution in [0.5, 0.6) is 0 Å². The number of benzene rings is 4. The van der Waals surface area contributed by atoms with Crippen LogP contribution in [-0.4, -0.2) is 13.3 Å². The van der Waals surface area contributed by atoms with Crippen LogP contribution in [0.25, 0.3) is 22.3 Å². The molecule has 0 bridgehead atoms. The molecule has 0 nitrogen and oxygen atoms in total. The molecule has 4 aromatic carbocycles. The van der Waals surface area contributed by atoms with Crippen molar-refractivity contribution in [3.63, 3.8) is 0 Å². The SMILES string of the molecule is Cc1cc[c]2c(c1)-c1ccccc1-c1cccc[c]1[Ge]2([CH3])[c]1ccccc1. The standard InChI is InChI=1S/C26H22Ge/c1-19-16-17-26-24(18-19)22-13-7-6-12-21(22)23-14-8-9-15-25(23)27(26,2)20-10-4-3-5-11-20/h3-18H,1-2H3. The topological polar surface area (TPSA) is 0 Å². The first-order chi connectivity index (χ1) is 13.2. The van der Waals surface area contributed by atoms with Gasteiger partial charge in [0.1, 0.15) is 0 Å². The van der Waals surface area contributed by atoms with Crippen LogP contribution < -0.4 is 13.2 Å². The summed E-state index contributed by atoms with van der Waals surface area (Å²) >= 11 is -2.80. The molecular weight excluding hydrogens is 385 g/mol. The van der Waals surface area contributed by atoms with Crippen LogP contribution in [0, 0.1) is 6.92 Å². The van der Waals surface area contributed by atoms with Crippen molar-refractivity contribution in [3.05, 3.63) is 103 Å². The van der Waals surface area contributed by atoms with Gasteiger partial charge in [-0.15, -0.1) is 0 Å². The third kappa shape index (κ3) is 2.44. The summed E-state index contributed by atoms with van der Waals surface area (Å²) in [5, 5.41) is 0. The van der Waals surface area contributed by atoms with Gasteiger partial charge in [0.25, 0.3) is 0 Å². The minimum atomic E-state index is -2.80. The second-order valence-corrected chi connectivity index (χ2v) is 15.8. The summed E-state index contributed by atoms with van der Waals surface area (Å²) in [6.07, 6.45) is 0. The molecule has 4 aromatic rings. The van der Waals surface area contributed by atoms with E-state index in [0.717, 1.165) is 0 Å². The molecule has 1 atom stereocenters. The molecule has 0 amide bonds. The van der Waals surface area contributed by atoms with Crippen molar-refractivity contribution in [2.24, 2.45) is 0 Å². The van der Waals surface area contributed by atoms with E-state index in [1.54, 1.807) is 8.79 Å². The molecule has 0 fully saturated rings. The fourth-order valence-corrected chi connectivity index (χ4v) is 13.3. The van der Waals surface area contributed by atoms with E-state index in [1.165, 1.54) is 32.2 Å². The van der Waals surface area contributed by atoms with Crippen LogP contribution in [0.15, 0.2) is 97.1 Å². The Morgan fingerprint density at radius 1 is 0.519 bits per heavy atom. The molecule has 1 heterocycles. The fraction of sp³-hybridized carbons (Fsp3) is 0.0769. The van der Waals surface area contributed by atoms with Gasteiger partial charge < -0.3 is 0 Å². The van der Waals surface area contributed by atoms with Gasteiger partial charge in [0.2, 0.25) is 0 Å². The molecule has 0 spiro atoms. The zero-order valence-corrected chi connectivity index (χ0v) is 17.8. The first-order valence-electron chi connectivity index (χ1n) is 9.55. The second kappa shape index (κ2) is 6.25. The molecule has 0 aliphatic carbocycles. The van der Waals surface area contributed by atoms with Gasteiger partial charge in [-0.2, -0.15) is 0 Å². The van der Waals surface area contributed by atoms with Crippen molar-refractivity contribution in [1.82, 2.24) is 0 Å². The minimum absolute atomic E-state index is 1.33. The molecular formula is C26H22Ge. The van der Waals surface area contributed by atoms with E-state index in [-0.39, 0.29) is 0 Å². The molecule has 0 N–H and O–H groups in total. The van der Waals surface area contributed by atoms with E-state index < -0.39 is 13.3 Å². The van der Waals surface area contributed by atoms with Gasteiger partial charge in [0.05, 0.1) is 0 Å². The Hall–Kier alpha value is -2.58. The van der Waals surface area contributed by atoms with E-state index >= 15 is 0 Å². The van der Waals surface area contributed by atoms with E-state index in [1.807, 2.05) is 0 Å². The molecule has 1 aliphatic heterocycles. The summed E-state index contributed by atoms with van der Waals surface area (Å²) < 4.78 is 4.63. The van der Waals surface area contributed by atoms with Crippen molar-refractivity contribution >= 4 is 26.5 Å². The Balaban J connectivity index is 1.99. The Bertz CT molecular complexity index is 1140.